The third-order valence-electron chi connectivity index (χ3n) is 2.66. The topological polar surface area (TPSA) is 302 Å². The highest BCUT2D eigenvalue weighted by Crippen LogP contribution is 1.84. The molecule has 0 fully saturated rings. The first-order chi connectivity index (χ1) is 20.4. The molecule has 0 aliphatic rings. The van der Waals surface area contributed by atoms with Gasteiger partial charge in [-0.2, -0.15) is 0 Å². The zero-order chi connectivity index (χ0) is 39.5. The maximum absolute atomic E-state index is 9.60. The Bertz CT molecular complexity index is 770. The fourth-order valence-electron chi connectivity index (χ4n) is 0. The normalized spacial score (nSPS) is 7.50. The summed E-state index contributed by atoms with van der Waals surface area (Å²) in [6.45, 7) is 32.0. The molecule has 9 N–H and O–H groups in total. The van der Waals surface area contributed by atoms with Crippen LogP contribution in [0.4, 0.5) is 0 Å². The van der Waals surface area contributed by atoms with Crippen molar-refractivity contribution >= 4 is 41.8 Å². The van der Waals surface area contributed by atoms with Crippen molar-refractivity contribution < 1.29 is 79.5 Å². The molecule has 0 unspecified atom stereocenters. The van der Waals surface area contributed by atoms with Gasteiger partial charge in [0, 0.05) is 39.0 Å². The monoisotopic (exact) mass is 664 g/mol. The second-order valence-corrected chi connectivity index (χ2v) is 8.05. The maximum Gasteiger partial charge on any atom is 0.330 e. The molecule has 0 radical (unpaired) electrons. The molecule has 0 aromatic carbocycles. The summed E-state index contributed by atoms with van der Waals surface area (Å²) >= 11 is 0. The lowest BCUT2D eigenvalue weighted by Crippen LogP contribution is -1.92. The first kappa shape index (κ1) is 59.7. The van der Waals surface area contributed by atoms with Crippen LogP contribution < -0.4 is 0 Å². The van der Waals surface area contributed by atoms with Crippen LogP contribution in [0, 0.1) is 0 Å². The van der Waals surface area contributed by atoms with E-state index < -0.39 is 41.8 Å². The van der Waals surface area contributed by atoms with E-state index >= 15 is 0 Å². The summed E-state index contributed by atoms with van der Waals surface area (Å²) in [5, 5.41) is 70.5. The van der Waals surface area contributed by atoms with Crippen LogP contribution >= 0.6 is 0 Å². The Hall–Kier alpha value is -5.61. The molecule has 16 nitrogen and oxygen atoms in total. The Labute approximate surface area is 268 Å². The smallest absolute Gasteiger partial charge is 0.330 e. The quantitative estimate of drug-likeness (QED) is 0.168. The third kappa shape index (κ3) is 98.1. The van der Waals surface area contributed by atoms with Gasteiger partial charge in [0.1, 0.15) is 0 Å². The Morgan fingerprint density at radius 3 is 0.348 bits per heavy atom. The number of aliphatic hydroxyl groups is 2. The van der Waals surface area contributed by atoms with E-state index in [1.807, 2.05) is 0 Å². The van der Waals surface area contributed by atoms with E-state index in [1.165, 1.54) is 48.5 Å². The number of hydrogen-bond acceptors (Lipinski definition) is 9. The van der Waals surface area contributed by atoms with Gasteiger partial charge in [-0.3, -0.25) is 0 Å². The number of carboxylic acid groups (broad SMARTS) is 7. The molecule has 0 spiro atoms. The molecule has 0 aromatic heterocycles. The van der Waals surface area contributed by atoms with Gasteiger partial charge < -0.3 is 46.0 Å². The molecule has 0 heterocycles. The standard InChI is InChI=1S/7C4H6O2.C2H6O2/c7*1-3(2)4(5)6;3-1-2-4/h7*1H2,2H3,(H,5,6);3-4H,1-2H2. The van der Waals surface area contributed by atoms with Gasteiger partial charge in [0.05, 0.1) is 13.2 Å². The fraction of sp³-hybridized carbons (Fsp3) is 0.300. The van der Waals surface area contributed by atoms with Gasteiger partial charge >= 0.3 is 41.8 Å². The van der Waals surface area contributed by atoms with Crippen LogP contribution in [0.25, 0.3) is 0 Å². The summed E-state index contributed by atoms with van der Waals surface area (Å²) in [4.78, 5) is 67.2. The highest BCUT2D eigenvalue weighted by molar-refractivity contribution is 5.86. The predicted octanol–water partition coefficient (Wildman–Crippen LogP) is 3.50. The lowest BCUT2D eigenvalue weighted by molar-refractivity contribution is -0.133. The lowest BCUT2D eigenvalue weighted by Gasteiger charge is -1.79. The van der Waals surface area contributed by atoms with Crippen molar-refractivity contribution in [3.8, 4) is 0 Å². The van der Waals surface area contributed by atoms with Gasteiger partial charge in [0.25, 0.3) is 0 Å². The van der Waals surface area contributed by atoms with Crippen LogP contribution in [0.5, 0.6) is 0 Å². The van der Waals surface area contributed by atoms with Crippen LogP contribution in [0.3, 0.4) is 0 Å². The number of aliphatic hydroxyl groups excluding tert-OH is 2. The van der Waals surface area contributed by atoms with E-state index in [0.29, 0.717) is 0 Å². The van der Waals surface area contributed by atoms with E-state index in [9.17, 15) is 33.6 Å². The first-order valence-corrected chi connectivity index (χ1v) is 11.9. The van der Waals surface area contributed by atoms with Gasteiger partial charge in [-0.1, -0.05) is 46.1 Å². The van der Waals surface area contributed by atoms with E-state index in [4.69, 9.17) is 46.0 Å². The molecule has 0 aliphatic carbocycles. The number of carboxylic acids is 7. The van der Waals surface area contributed by atoms with Crippen molar-refractivity contribution in [3.63, 3.8) is 0 Å². The largest absolute Gasteiger partial charge is 0.478 e. The van der Waals surface area contributed by atoms with Crippen LogP contribution in [-0.4, -0.2) is 101 Å². The van der Waals surface area contributed by atoms with Crippen molar-refractivity contribution in [2.45, 2.75) is 48.5 Å². The fourth-order valence-corrected chi connectivity index (χ4v) is 0. The number of aliphatic carboxylic acids is 7. The summed E-state index contributed by atoms with van der Waals surface area (Å²) in [7, 11) is 0. The van der Waals surface area contributed by atoms with Gasteiger partial charge in [-0.25, -0.2) is 33.6 Å². The van der Waals surface area contributed by atoms with Crippen molar-refractivity contribution in [1.29, 1.82) is 0 Å². The minimum absolute atomic E-state index is 0.125. The number of carbonyl (C=O) groups is 7. The number of rotatable bonds is 8. The molecule has 0 saturated carbocycles. The van der Waals surface area contributed by atoms with Crippen LogP contribution in [-0.2, 0) is 33.6 Å². The zero-order valence-electron chi connectivity index (χ0n) is 27.2. The molecule has 0 bridgehead atoms. The van der Waals surface area contributed by atoms with E-state index in [2.05, 4.69) is 46.1 Å². The summed E-state index contributed by atoms with van der Waals surface area (Å²) in [5.74, 6) is -6.55. The lowest BCUT2D eigenvalue weighted by atomic mass is 10.4. The molecular weight excluding hydrogens is 616 g/mol. The Balaban J connectivity index is -0.0000000599. The minimum Gasteiger partial charge on any atom is -0.478 e. The molecular formula is C30H48O16. The zero-order valence-corrected chi connectivity index (χ0v) is 27.2. The van der Waals surface area contributed by atoms with Crippen LogP contribution in [0.15, 0.2) is 85.1 Å². The Morgan fingerprint density at radius 2 is 0.348 bits per heavy atom. The summed E-state index contributed by atoms with van der Waals surface area (Å²) in [6.07, 6.45) is 0. The van der Waals surface area contributed by atoms with E-state index in [1.54, 1.807) is 0 Å². The van der Waals surface area contributed by atoms with Gasteiger partial charge in [-0.15, -0.1) is 0 Å². The molecule has 46 heavy (non-hydrogen) atoms. The molecule has 0 aromatic rings. The molecule has 16 heteroatoms. The molecule has 0 atom stereocenters. The van der Waals surface area contributed by atoms with Crippen molar-refractivity contribution in [2.24, 2.45) is 0 Å². The second-order valence-electron chi connectivity index (χ2n) is 8.05. The van der Waals surface area contributed by atoms with Crippen molar-refractivity contribution in [1.82, 2.24) is 0 Å². The van der Waals surface area contributed by atoms with Crippen molar-refractivity contribution in [2.75, 3.05) is 13.2 Å². The van der Waals surface area contributed by atoms with Gasteiger partial charge in [0.15, 0.2) is 0 Å². The van der Waals surface area contributed by atoms with E-state index in [0.717, 1.165) is 0 Å². The predicted molar refractivity (Wildman–Crippen MR) is 171 cm³/mol. The Morgan fingerprint density at radius 1 is 0.304 bits per heavy atom. The summed E-state index contributed by atoms with van der Waals surface area (Å²) < 4.78 is 0. The first-order valence-electron chi connectivity index (χ1n) is 11.9. The molecule has 0 aliphatic heterocycles. The number of hydrogen-bond donors (Lipinski definition) is 9. The molecule has 0 amide bonds. The third-order valence-corrected chi connectivity index (χ3v) is 2.66. The molecule has 0 rings (SSSR count). The average Bonchev–Trinajstić information content (AvgIpc) is 2.90. The molecule has 264 valence electrons. The average molecular weight is 665 g/mol. The van der Waals surface area contributed by atoms with Crippen molar-refractivity contribution in [3.05, 3.63) is 85.1 Å². The van der Waals surface area contributed by atoms with Gasteiger partial charge in [0.2, 0.25) is 0 Å². The highest BCUT2D eigenvalue weighted by atomic mass is 16.4. The highest BCUT2D eigenvalue weighted by Gasteiger charge is 1.93. The maximum atomic E-state index is 9.60. The Kier molecular flexibility index (Phi) is 51.2. The summed E-state index contributed by atoms with van der Waals surface area (Å²) in [5.41, 5.74) is 1.23. The van der Waals surface area contributed by atoms with Crippen LogP contribution in [0.1, 0.15) is 48.5 Å². The second kappa shape index (κ2) is 39.4. The van der Waals surface area contributed by atoms with Crippen LogP contribution in [0.2, 0.25) is 0 Å². The summed E-state index contributed by atoms with van der Waals surface area (Å²) in [6, 6.07) is 0. The molecule has 0 saturated heterocycles. The van der Waals surface area contributed by atoms with E-state index in [-0.39, 0.29) is 52.2 Å². The minimum atomic E-state index is -0.935. The van der Waals surface area contributed by atoms with Gasteiger partial charge in [-0.05, 0) is 48.5 Å². The SMILES string of the molecule is C=C(C)C(=O)O.C=C(C)C(=O)O.C=C(C)C(=O)O.C=C(C)C(=O)O.C=C(C)C(=O)O.C=C(C)C(=O)O.C=C(C)C(=O)O.OCCO.